The number of carbonyl (C=O) groups is 1. The van der Waals surface area contributed by atoms with E-state index in [9.17, 15) is 4.79 Å². The van der Waals surface area contributed by atoms with Crippen LogP contribution in [0.1, 0.15) is 17.4 Å². The minimum absolute atomic E-state index is 0.173. The molecule has 5 heteroatoms. The highest BCUT2D eigenvalue weighted by Gasteiger charge is 2.20. The Morgan fingerprint density at radius 3 is 2.58 bits per heavy atom. The van der Waals surface area contributed by atoms with Gasteiger partial charge in [0.15, 0.2) is 0 Å². The van der Waals surface area contributed by atoms with Crippen LogP contribution < -0.4 is 10.6 Å². The number of hydrogen-bond acceptors (Lipinski definition) is 3. The number of amides is 1. The first-order valence-electron chi connectivity index (χ1n) is 5.92. The van der Waals surface area contributed by atoms with Crippen LogP contribution in [0.2, 0.25) is 5.02 Å². The fourth-order valence-corrected chi connectivity index (χ4v) is 1.97. The van der Waals surface area contributed by atoms with Crippen LogP contribution in [0.5, 0.6) is 0 Å². The minimum atomic E-state index is -0.258. The number of nitrogens with two attached hydrogens (primary N) is 1. The molecule has 0 fully saturated rings. The number of para-hydroxylation sites is 1. The molecule has 1 aromatic carbocycles. The third-order valence-corrected chi connectivity index (χ3v) is 3.00. The van der Waals surface area contributed by atoms with Crippen molar-refractivity contribution in [3.05, 3.63) is 53.2 Å². The van der Waals surface area contributed by atoms with E-state index in [4.69, 9.17) is 17.3 Å². The molecule has 0 bridgehead atoms. The summed E-state index contributed by atoms with van der Waals surface area (Å²) in [5, 5.41) is 0.300. The molecule has 0 unspecified atom stereocenters. The van der Waals surface area contributed by atoms with Gasteiger partial charge in [-0.05, 0) is 31.2 Å². The first-order valence-corrected chi connectivity index (χ1v) is 6.30. The molecule has 2 rings (SSSR count). The van der Waals surface area contributed by atoms with Gasteiger partial charge in [-0.2, -0.15) is 0 Å². The fraction of sp³-hybridized carbons (Fsp3) is 0.143. The van der Waals surface area contributed by atoms with Gasteiger partial charge >= 0.3 is 0 Å². The predicted octanol–water partition coefficient (Wildman–Crippen LogP) is 2.98. The molecule has 98 valence electrons. The van der Waals surface area contributed by atoms with E-state index < -0.39 is 0 Å². The minimum Gasteiger partial charge on any atom is -0.384 e. The summed E-state index contributed by atoms with van der Waals surface area (Å²) < 4.78 is 0. The van der Waals surface area contributed by atoms with E-state index in [-0.39, 0.29) is 17.4 Å². The number of nitrogen functional groups attached to an aromatic ring is 1. The summed E-state index contributed by atoms with van der Waals surface area (Å²) in [5.41, 5.74) is 6.58. The Bertz CT molecular complexity index is 586. The lowest BCUT2D eigenvalue weighted by Gasteiger charge is -2.21. The van der Waals surface area contributed by atoms with Crippen molar-refractivity contribution in [1.29, 1.82) is 0 Å². The lowest BCUT2D eigenvalue weighted by Crippen LogP contribution is -2.31. The molecule has 1 amide bonds. The zero-order valence-electron chi connectivity index (χ0n) is 10.5. The molecule has 0 aliphatic rings. The molecule has 4 nitrogen and oxygen atoms in total. The SMILES string of the molecule is CCN(C(=O)c1nc(N)ccc1Cl)c1ccccc1. The maximum atomic E-state index is 12.5. The van der Waals surface area contributed by atoms with Gasteiger partial charge in [-0.25, -0.2) is 4.98 Å². The van der Waals surface area contributed by atoms with E-state index in [2.05, 4.69) is 4.98 Å². The molecular formula is C14H14ClN3O. The van der Waals surface area contributed by atoms with Gasteiger partial charge in [-0.1, -0.05) is 29.8 Å². The third-order valence-electron chi connectivity index (χ3n) is 2.70. The summed E-state index contributed by atoms with van der Waals surface area (Å²) in [6.45, 7) is 2.42. The van der Waals surface area contributed by atoms with Gasteiger partial charge in [0.1, 0.15) is 11.5 Å². The molecule has 0 saturated heterocycles. The van der Waals surface area contributed by atoms with Crippen LogP contribution in [0.25, 0.3) is 0 Å². The van der Waals surface area contributed by atoms with E-state index in [0.717, 1.165) is 5.69 Å². The summed E-state index contributed by atoms with van der Waals surface area (Å²) in [6, 6.07) is 12.5. The monoisotopic (exact) mass is 275 g/mol. The Kier molecular flexibility index (Phi) is 4.02. The summed E-state index contributed by atoms with van der Waals surface area (Å²) in [4.78, 5) is 18.1. The highest BCUT2D eigenvalue weighted by molar-refractivity contribution is 6.34. The smallest absolute Gasteiger partial charge is 0.278 e. The zero-order chi connectivity index (χ0) is 13.8. The predicted molar refractivity (Wildman–Crippen MR) is 77.5 cm³/mol. The molecule has 2 aromatic rings. The lowest BCUT2D eigenvalue weighted by molar-refractivity contribution is 0.0984. The van der Waals surface area contributed by atoms with Gasteiger partial charge in [0.2, 0.25) is 0 Å². The van der Waals surface area contributed by atoms with Crippen LogP contribution in [0.15, 0.2) is 42.5 Å². The molecule has 0 spiro atoms. The molecule has 0 saturated carbocycles. The normalized spacial score (nSPS) is 10.2. The molecule has 19 heavy (non-hydrogen) atoms. The summed E-state index contributed by atoms with van der Waals surface area (Å²) in [5.74, 6) is 0.0165. The van der Waals surface area contributed by atoms with Gasteiger partial charge in [0.05, 0.1) is 5.02 Å². The molecule has 1 aromatic heterocycles. The summed E-state index contributed by atoms with van der Waals surface area (Å²) in [6.07, 6.45) is 0. The Balaban J connectivity index is 2.39. The van der Waals surface area contributed by atoms with Crippen LogP contribution >= 0.6 is 11.6 Å². The molecule has 1 heterocycles. The Labute approximate surface area is 116 Å². The van der Waals surface area contributed by atoms with Crippen molar-refractivity contribution < 1.29 is 4.79 Å². The number of rotatable bonds is 3. The number of aromatic nitrogens is 1. The van der Waals surface area contributed by atoms with Gasteiger partial charge in [-0.15, -0.1) is 0 Å². The number of halogens is 1. The molecule has 0 aliphatic heterocycles. The van der Waals surface area contributed by atoms with Crippen molar-refractivity contribution in [3.63, 3.8) is 0 Å². The van der Waals surface area contributed by atoms with E-state index in [1.54, 1.807) is 17.0 Å². The van der Waals surface area contributed by atoms with Crippen LogP contribution in [0.4, 0.5) is 11.5 Å². The molecular weight excluding hydrogens is 262 g/mol. The second kappa shape index (κ2) is 5.71. The van der Waals surface area contributed by atoms with Crippen LogP contribution in [-0.4, -0.2) is 17.4 Å². The van der Waals surface area contributed by atoms with Crippen LogP contribution in [0, 0.1) is 0 Å². The molecule has 0 aliphatic carbocycles. The number of pyridine rings is 1. The van der Waals surface area contributed by atoms with Crippen molar-refractivity contribution in [2.75, 3.05) is 17.2 Å². The van der Waals surface area contributed by atoms with E-state index in [1.807, 2.05) is 37.3 Å². The topological polar surface area (TPSA) is 59.2 Å². The lowest BCUT2D eigenvalue weighted by atomic mass is 10.2. The maximum absolute atomic E-state index is 12.5. The van der Waals surface area contributed by atoms with Crippen molar-refractivity contribution in [1.82, 2.24) is 4.98 Å². The van der Waals surface area contributed by atoms with E-state index in [0.29, 0.717) is 11.6 Å². The zero-order valence-corrected chi connectivity index (χ0v) is 11.3. The molecule has 0 radical (unpaired) electrons. The highest BCUT2D eigenvalue weighted by atomic mass is 35.5. The van der Waals surface area contributed by atoms with E-state index >= 15 is 0 Å². The number of benzene rings is 1. The van der Waals surface area contributed by atoms with Crippen LogP contribution in [-0.2, 0) is 0 Å². The second-order valence-corrected chi connectivity index (χ2v) is 4.36. The standard InChI is InChI=1S/C14H14ClN3O/c1-2-18(10-6-4-3-5-7-10)14(19)13-11(15)8-9-12(16)17-13/h3-9H,2H2,1H3,(H2,16,17). The largest absolute Gasteiger partial charge is 0.384 e. The maximum Gasteiger partial charge on any atom is 0.278 e. The van der Waals surface area contributed by atoms with Gasteiger partial charge in [0, 0.05) is 12.2 Å². The van der Waals surface area contributed by atoms with Gasteiger partial charge in [-0.3, -0.25) is 4.79 Å². The van der Waals surface area contributed by atoms with Crippen LogP contribution in [0.3, 0.4) is 0 Å². The average molecular weight is 276 g/mol. The Morgan fingerprint density at radius 2 is 1.95 bits per heavy atom. The quantitative estimate of drug-likeness (QED) is 0.937. The third kappa shape index (κ3) is 2.85. The van der Waals surface area contributed by atoms with Crippen molar-refractivity contribution >= 4 is 29.0 Å². The van der Waals surface area contributed by atoms with Crippen molar-refractivity contribution in [2.24, 2.45) is 0 Å². The van der Waals surface area contributed by atoms with E-state index in [1.165, 1.54) is 0 Å². The van der Waals surface area contributed by atoms with Crippen molar-refractivity contribution in [2.45, 2.75) is 6.92 Å². The Hall–Kier alpha value is -2.07. The van der Waals surface area contributed by atoms with Gasteiger partial charge < -0.3 is 10.6 Å². The first-order chi connectivity index (χ1) is 9.13. The number of carbonyl (C=O) groups excluding carboxylic acids is 1. The second-order valence-electron chi connectivity index (χ2n) is 3.95. The first kappa shape index (κ1) is 13.4. The summed E-state index contributed by atoms with van der Waals surface area (Å²) in [7, 11) is 0. The number of hydrogen-bond donors (Lipinski definition) is 1. The molecule has 0 atom stereocenters. The fourth-order valence-electron chi connectivity index (χ4n) is 1.79. The molecule has 2 N–H and O–H groups in total. The average Bonchev–Trinajstić information content (AvgIpc) is 2.43. The van der Waals surface area contributed by atoms with Gasteiger partial charge in [0.25, 0.3) is 5.91 Å². The number of nitrogens with zero attached hydrogens (tertiary/aromatic N) is 2. The number of anilines is 2. The Morgan fingerprint density at radius 1 is 1.26 bits per heavy atom. The highest BCUT2D eigenvalue weighted by Crippen LogP contribution is 2.21. The van der Waals surface area contributed by atoms with Crippen molar-refractivity contribution in [3.8, 4) is 0 Å². The summed E-state index contributed by atoms with van der Waals surface area (Å²) >= 11 is 6.01.